The van der Waals surface area contributed by atoms with Gasteiger partial charge in [-0.3, -0.25) is 14.4 Å². The summed E-state index contributed by atoms with van der Waals surface area (Å²) in [6.07, 6.45) is -4.26. The molecule has 0 saturated carbocycles. The van der Waals surface area contributed by atoms with Crippen molar-refractivity contribution in [1.29, 1.82) is 0 Å². The Morgan fingerprint density at radius 1 is 1.05 bits per heavy atom. The lowest BCUT2D eigenvalue weighted by atomic mass is 10.0. The molecule has 0 aromatic heterocycles. The molecule has 1 fully saturated rings. The van der Waals surface area contributed by atoms with E-state index >= 15 is 0 Å². The van der Waals surface area contributed by atoms with Crippen molar-refractivity contribution in [2.24, 2.45) is 0 Å². The molecule has 0 aromatic rings. The first-order chi connectivity index (χ1) is 9.72. The molecule has 21 heavy (non-hydrogen) atoms. The van der Waals surface area contributed by atoms with Gasteiger partial charge in [-0.1, -0.05) is 15.9 Å². The summed E-state index contributed by atoms with van der Waals surface area (Å²) in [5, 5.41) is 9.81. The van der Waals surface area contributed by atoms with Gasteiger partial charge in [-0.25, -0.2) is 0 Å². The molecule has 8 nitrogen and oxygen atoms in total. The second-order valence-electron chi connectivity index (χ2n) is 4.46. The van der Waals surface area contributed by atoms with E-state index in [4.69, 9.17) is 18.9 Å². The standard InChI is InChI=1S/C12H17BrO8/c1-5(14)18-4-8-10(19-6(2)15)11(20-7(3)16)9(13)12(17)21-8/h8-12,17H,4H2,1-3H3/t8-,9-,10+,11-,12-/m1/s1. The number of halogens is 1. The Labute approximate surface area is 129 Å². The zero-order valence-corrected chi connectivity index (χ0v) is 13.4. The molecule has 0 spiro atoms. The van der Waals surface area contributed by atoms with Gasteiger partial charge in [-0.05, 0) is 0 Å². The average molecular weight is 369 g/mol. The highest BCUT2D eigenvalue weighted by atomic mass is 79.9. The van der Waals surface area contributed by atoms with Gasteiger partial charge in [0.2, 0.25) is 0 Å². The third-order valence-corrected chi connectivity index (χ3v) is 3.62. The minimum atomic E-state index is -1.32. The van der Waals surface area contributed by atoms with Crippen molar-refractivity contribution in [1.82, 2.24) is 0 Å². The van der Waals surface area contributed by atoms with Gasteiger partial charge in [0.05, 0.1) is 0 Å². The largest absolute Gasteiger partial charge is 0.463 e. The van der Waals surface area contributed by atoms with Crippen LogP contribution >= 0.6 is 15.9 Å². The van der Waals surface area contributed by atoms with Gasteiger partial charge < -0.3 is 24.1 Å². The van der Waals surface area contributed by atoms with E-state index in [1.54, 1.807) is 0 Å². The number of hydrogen-bond acceptors (Lipinski definition) is 8. The molecule has 0 aromatic carbocycles. The molecule has 0 amide bonds. The zero-order chi connectivity index (χ0) is 16.2. The summed E-state index contributed by atoms with van der Waals surface area (Å²) in [6.45, 7) is 3.33. The zero-order valence-electron chi connectivity index (χ0n) is 11.8. The van der Waals surface area contributed by atoms with Gasteiger partial charge in [0.15, 0.2) is 18.5 Å². The maximum absolute atomic E-state index is 11.2. The van der Waals surface area contributed by atoms with Crippen molar-refractivity contribution >= 4 is 33.8 Å². The van der Waals surface area contributed by atoms with Crippen LogP contribution in [0.25, 0.3) is 0 Å². The maximum Gasteiger partial charge on any atom is 0.303 e. The first kappa shape index (κ1) is 17.9. The molecule has 1 heterocycles. The SMILES string of the molecule is CC(=O)OC[C@H]1O[C@@H](O)[C@H](Br)[C@@H](OC(C)=O)[C@H]1OC(C)=O. The molecule has 1 saturated heterocycles. The van der Waals surface area contributed by atoms with E-state index in [9.17, 15) is 19.5 Å². The van der Waals surface area contributed by atoms with Crippen LogP contribution in [0.1, 0.15) is 20.8 Å². The Bertz CT molecular complexity index is 412. The number of aliphatic hydroxyl groups excluding tert-OH is 1. The highest BCUT2D eigenvalue weighted by Gasteiger charge is 2.48. The fraction of sp³-hybridized carbons (Fsp3) is 0.750. The number of aliphatic hydroxyl groups is 1. The summed E-state index contributed by atoms with van der Waals surface area (Å²) in [5.74, 6) is -1.79. The second-order valence-corrected chi connectivity index (χ2v) is 5.52. The van der Waals surface area contributed by atoms with E-state index in [2.05, 4.69) is 15.9 Å². The molecule has 0 bridgehead atoms. The number of ether oxygens (including phenoxy) is 4. The molecule has 1 rings (SSSR count). The van der Waals surface area contributed by atoms with Crippen LogP contribution in [0, 0.1) is 0 Å². The van der Waals surface area contributed by atoms with Gasteiger partial charge in [0.1, 0.15) is 17.5 Å². The van der Waals surface area contributed by atoms with Crippen LogP contribution in [0.2, 0.25) is 0 Å². The Morgan fingerprint density at radius 2 is 1.57 bits per heavy atom. The predicted molar refractivity (Wildman–Crippen MR) is 71.3 cm³/mol. The number of hydrogen-bond donors (Lipinski definition) is 1. The van der Waals surface area contributed by atoms with Gasteiger partial charge in [-0.2, -0.15) is 0 Å². The number of esters is 3. The van der Waals surface area contributed by atoms with Gasteiger partial charge in [-0.15, -0.1) is 0 Å². The second kappa shape index (κ2) is 7.71. The average Bonchev–Trinajstić information content (AvgIpc) is 2.35. The highest BCUT2D eigenvalue weighted by Crippen LogP contribution is 2.30. The number of carbonyl (C=O) groups excluding carboxylic acids is 3. The number of rotatable bonds is 4. The Hall–Kier alpha value is -1.19. The lowest BCUT2D eigenvalue weighted by Crippen LogP contribution is -2.59. The number of carbonyl (C=O) groups is 3. The van der Waals surface area contributed by atoms with E-state index in [1.165, 1.54) is 20.8 Å². The summed E-state index contributed by atoms with van der Waals surface area (Å²) in [7, 11) is 0. The monoisotopic (exact) mass is 368 g/mol. The quantitative estimate of drug-likeness (QED) is 0.416. The lowest BCUT2D eigenvalue weighted by Gasteiger charge is -2.41. The first-order valence-electron chi connectivity index (χ1n) is 6.17. The molecule has 5 atom stereocenters. The van der Waals surface area contributed by atoms with E-state index in [1.807, 2.05) is 0 Å². The van der Waals surface area contributed by atoms with Crippen LogP contribution in [0.15, 0.2) is 0 Å². The Morgan fingerprint density at radius 3 is 2.05 bits per heavy atom. The number of alkyl halides is 1. The normalized spacial score (nSPS) is 32.1. The molecule has 120 valence electrons. The highest BCUT2D eigenvalue weighted by molar-refractivity contribution is 9.09. The fourth-order valence-electron chi connectivity index (χ4n) is 1.88. The first-order valence-corrected chi connectivity index (χ1v) is 7.09. The van der Waals surface area contributed by atoms with Crippen molar-refractivity contribution in [3.63, 3.8) is 0 Å². The van der Waals surface area contributed by atoms with E-state index < -0.39 is 47.3 Å². The van der Waals surface area contributed by atoms with Gasteiger partial charge in [0, 0.05) is 20.8 Å². The molecule has 1 N–H and O–H groups in total. The van der Waals surface area contributed by atoms with Crippen LogP contribution in [-0.4, -0.2) is 59.1 Å². The molecule has 0 unspecified atom stereocenters. The van der Waals surface area contributed by atoms with Crippen molar-refractivity contribution in [2.75, 3.05) is 6.61 Å². The van der Waals surface area contributed by atoms with Crippen molar-refractivity contribution in [2.45, 2.75) is 50.2 Å². The minimum Gasteiger partial charge on any atom is -0.463 e. The molecule has 1 aliphatic rings. The smallest absolute Gasteiger partial charge is 0.303 e. The third kappa shape index (κ3) is 5.25. The van der Waals surface area contributed by atoms with Crippen LogP contribution in [0.3, 0.4) is 0 Å². The topological polar surface area (TPSA) is 108 Å². The summed E-state index contributed by atoms with van der Waals surface area (Å²) in [5.41, 5.74) is 0. The van der Waals surface area contributed by atoms with Crippen LogP contribution in [0.4, 0.5) is 0 Å². The molecular weight excluding hydrogens is 352 g/mol. The summed E-state index contributed by atoms with van der Waals surface area (Å²) in [4.78, 5) is 32.5. The molecule has 0 radical (unpaired) electrons. The van der Waals surface area contributed by atoms with E-state index in [0.717, 1.165) is 0 Å². The maximum atomic E-state index is 11.2. The van der Waals surface area contributed by atoms with E-state index in [0.29, 0.717) is 0 Å². The van der Waals surface area contributed by atoms with Gasteiger partial charge >= 0.3 is 17.9 Å². The van der Waals surface area contributed by atoms with Crippen molar-refractivity contribution in [3.8, 4) is 0 Å². The summed E-state index contributed by atoms with van der Waals surface area (Å²) < 4.78 is 20.2. The molecular formula is C12H17BrO8. The van der Waals surface area contributed by atoms with Crippen LogP contribution in [0.5, 0.6) is 0 Å². The fourth-order valence-corrected chi connectivity index (χ4v) is 2.41. The predicted octanol–water partition coefficient (Wildman–Crippen LogP) is -0.106. The van der Waals surface area contributed by atoms with Crippen LogP contribution in [-0.2, 0) is 33.3 Å². The molecule has 9 heteroatoms. The Kier molecular flexibility index (Phi) is 6.56. The van der Waals surface area contributed by atoms with Crippen LogP contribution < -0.4 is 0 Å². The molecule has 0 aliphatic carbocycles. The molecule has 1 aliphatic heterocycles. The van der Waals surface area contributed by atoms with Crippen molar-refractivity contribution < 1.29 is 38.4 Å². The summed E-state index contributed by atoms with van der Waals surface area (Å²) >= 11 is 3.14. The minimum absolute atomic E-state index is 0.248. The van der Waals surface area contributed by atoms with Gasteiger partial charge in [0.25, 0.3) is 0 Å². The summed E-state index contributed by atoms with van der Waals surface area (Å²) in [6, 6.07) is 0. The third-order valence-electron chi connectivity index (χ3n) is 2.65. The Balaban J connectivity index is 2.94. The van der Waals surface area contributed by atoms with Crippen molar-refractivity contribution in [3.05, 3.63) is 0 Å². The lowest BCUT2D eigenvalue weighted by molar-refractivity contribution is -0.248. The van der Waals surface area contributed by atoms with E-state index in [-0.39, 0.29) is 6.61 Å².